The molecule has 1 amide bonds. The molecular weight excluding hydrogens is 451 g/mol. The fourth-order valence-corrected chi connectivity index (χ4v) is 3.65. The van der Waals surface area contributed by atoms with Crippen LogP contribution in [-0.4, -0.2) is 34.6 Å². The van der Waals surface area contributed by atoms with E-state index in [-0.39, 0.29) is 45.6 Å². The molecule has 0 spiro atoms. The normalized spacial score (nSPS) is 11.6. The Kier molecular flexibility index (Phi) is 6.53. The molecule has 1 aromatic carbocycles. The van der Waals surface area contributed by atoms with Gasteiger partial charge in [0.15, 0.2) is 5.69 Å². The number of nitrogens with one attached hydrogen (secondary N) is 1. The monoisotopic (exact) mass is 469 g/mol. The lowest BCUT2D eigenvalue weighted by atomic mass is 10.2. The second-order valence-corrected chi connectivity index (χ2v) is 7.70. The van der Waals surface area contributed by atoms with Crippen molar-refractivity contribution in [2.45, 2.75) is 27.1 Å². The molecule has 1 N–H and O–H groups in total. The van der Waals surface area contributed by atoms with Crippen LogP contribution in [0, 0.1) is 5.92 Å². The Morgan fingerprint density at radius 3 is 2.44 bits per heavy atom. The zero-order valence-corrected chi connectivity index (χ0v) is 18.0. The van der Waals surface area contributed by atoms with Crippen molar-refractivity contribution in [2.24, 2.45) is 5.92 Å². The molecule has 0 fully saturated rings. The van der Waals surface area contributed by atoms with Crippen LogP contribution in [0.2, 0.25) is 0 Å². The molecule has 32 heavy (non-hydrogen) atoms. The van der Waals surface area contributed by atoms with Crippen molar-refractivity contribution in [3.05, 3.63) is 45.7 Å². The number of fused-ring (bicyclic) bond motifs is 1. The summed E-state index contributed by atoms with van der Waals surface area (Å²) in [5.74, 6) is -1.96. The van der Waals surface area contributed by atoms with Gasteiger partial charge >= 0.3 is 12.3 Å². The standard InChI is InChI=1S/C20H18F3N3O5S/c1-4-30-19(29)15-13-9-32-17(24-16(27)10(2)3)14(13)18(28)26(25-15)11-5-7-12(8-6-11)31-20(21,22)23/h5-10H,4H2,1-3H3,(H,24,27). The lowest BCUT2D eigenvalue weighted by Gasteiger charge is -2.12. The topological polar surface area (TPSA) is 99.5 Å². The number of amides is 1. The van der Waals surface area contributed by atoms with Gasteiger partial charge in [-0.15, -0.1) is 24.5 Å². The third-order valence-electron chi connectivity index (χ3n) is 4.20. The smallest absolute Gasteiger partial charge is 0.461 e. The quantitative estimate of drug-likeness (QED) is 0.546. The molecule has 8 nitrogen and oxygen atoms in total. The second-order valence-electron chi connectivity index (χ2n) is 6.83. The number of benzene rings is 1. The van der Waals surface area contributed by atoms with Crippen LogP contribution in [0.5, 0.6) is 5.75 Å². The molecule has 0 saturated carbocycles. The molecule has 2 aromatic heterocycles. The maximum Gasteiger partial charge on any atom is 0.573 e. The Hall–Kier alpha value is -3.41. The predicted octanol–water partition coefficient (Wildman–Crippen LogP) is 4.12. The van der Waals surface area contributed by atoms with Crippen LogP contribution in [0.15, 0.2) is 34.4 Å². The Bertz CT molecular complexity index is 1220. The molecule has 0 saturated heterocycles. The minimum absolute atomic E-state index is 0.0395. The van der Waals surface area contributed by atoms with Crippen LogP contribution in [0.25, 0.3) is 16.5 Å². The number of esters is 1. The Balaban J connectivity index is 2.17. The molecule has 0 unspecified atom stereocenters. The lowest BCUT2D eigenvalue weighted by molar-refractivity contribution is -0.274. The van der Waals surface area contributed by atoms with Crippen molar-refractivity contribution >= 4 is 39.0 Å². The van der Waals surface area contributed by atoms with E-state index in [1.807, 2.05) is 0 Å². The van der Waals surface area contributed by atoms with E-state index < -0.39 is 23.6 Å². The SMILES string of the molecule is CCOC(=O)c1nn(-c2ccc(OC(F)(F)F)cc2)c(=O)c2c(NC(=O)C(C)C)scc12. The van der Waals surface area contributed by atoms with Gasteiger partial charge in [0, 0.05) is 16.7 Å². The van der Waals surface area contributed by atoms with Crippen LogP contribution in [-0.2, 0) is 9.53 Å². The first-order valence-corrected chi connectivity index (χ1v) is 10.3. The molecular formula is C20H18F3N3O5S. The number of nitrogens with zero attached hydrogens (tertiary/aromatic N) is 2. The van der Waals surface area contributed by atoms with E-state index in [2.05, 4.69) is 15.2 Å². The number of ether oxygens (including phenoxy) is 2. The maximum atomic E-state index is 13.2. The van der Waals surface area contributed by atoms with Gasteiger partial charge in [-0.1, -0.05) is 13.8 Å². The Morgan fingerprint density at radius 1 is 1.22 bits per heavy atom. The molecule has 3 rings (SSSR count). The van der Waals surface area contributed by atoms with E-state index in [0.717, 1.165) is 28.2 Å². The molecule has 0 bridgehead atoms. The summed E-state index contributed by atoms with van der Waals surface area (Å²) in [6, 6.07) is 4.41. The minimum atomic E-state index is -4.87. The van der Waals surface area contributed by atoms with Crippen LogP contribution in [0.3, 0.4) is 0 Å². The lowest BCUT2D eigenvalue weighted by Crippen LogP contribution is -2.26. The van der Waals surface area contributed by atoms with E-state index >= 15 is 0 Å². The van der Waals surface area contributed by atoms with E-state index in [1.165, 1.54) is 17.5 Å². The van der Waals surface area contributed by atoms with Gasteiger partial charge in [0.1, 0.15) is 10.8 Å². The van der Waals surface area contributed by atoms with Crippen molar-refractivity contribution in [3.8, 4) is 11.4 Å². The molecule has 0 atom stereocenters. The number of aromatic nitrogens is 2. The van der Waals surface area contributed by atoms with Gasteiger partial charge in [0.2, 0.25) is 5.91 Å². The molecule has 0 aliphatic heterocycles. The van der Waals surface area contributed by atoms with Crippen molar-refractivity contribution in [3.63, 3.8) is 0 Å². The van der Waals surface area contributed by atoms with Gasteiger partial charge in [-0.2, -0.15) is 9.78 Å². The van der Waals surface area contributed by atoms with Crippen LogP contribution >= 0.6 is 11.3 Å². The highest BCUT2D eigenvalue weighted by atomic mass is 32.1. The fourth-order valence-electron chi connectivity index (χ4n) is 2.71. The highest BCUT2D eigenvalue weighted by Crippen LogP contribution is 2.31. The molecule has 170 valence electrons. The molecule has 0 aliphatic rings. The highest BCUT2D eigenvalue weighted by molar-refractivity contribution is 7.16. The number of carbonyl (C=O) groups is 2. The summed E-state index contributed by atoms with van der Waals surface area (Å²) in [5.41, 5.74) is -0.750. The molecule has 0 aliphatic carbocycles. The minimum Gasteiger partial charge on any atom is -0.461 e. The third kappa shape index (κ3) is 4.90. The van der Waals surface area contributed by atoms with Crippen LogP contribution in [0.1, 0.15) is 31.3 Å². The summed E-state index contributed by atoms with van der Waals surface area (Å²) in [7, 11) is 0. The van der Waals surface area contributed by atoms with Crippen molar-refractivity contribution < 1.29 is 32.2 Å². The van der Waals surface area contributed by atoms with E-state index in [0.29, 0.717) is 0 Å². The molecule has 0 radical (unpaired) electrons. The predicted molar refractivity (Wildman–Crippen MR) is 111 cm³/mol. The van der Waals surface area contributed by atoms with Crippen molar-refractivity contribution in [2.75, 3.05) is 11.9 Å². The maximum absolute atomic E-state index is 13.2. The highest BCUT2D eigenvalue weighted by Gasteiger charge is 2.31. The average Bonchev–Trinajstić information content (AvgIpc) is 3.12. The summed E-state index contributed by atoms with van der Waals surface area (Å²) in [5, 5.41) is 8.71. The van der Waals surface area contributed by atoms with Gasteiger partial charge in [-0.3, -0.25) is 9.59 Å². The molecule has 3 aromatic rings. The summed E-state index contributed by atoms with van der Waals surface area (Å²) in [4.78, 5) is 37.8. The Labute approximate surface area is 183 Å². The van der Waals surface area contributed by atoms with E-state index in [9.17, 15) is 27.6 Å². The first-order valence-electron chi connectivity index (χ1n) is 9.40. The number of thiophene rings is 1. The van der Waals surface area contributed by atoms with Crippen molar-refractivity contribution in [1.82, 2.24) is 9.78 Å². The number of hydrogen-bond donors (Lipinski definition) is 1. The zero-order valence-electron chi connectivity index (χ0n) is 17.1. The molecule has 2 heterocycles. The summed E-state index contributed by atoms with van der Waals surface area (Å²) in [6.07, 6.45) is -4.87. The third-order valence-corrected chi connectivity index (χ3v) is 5.09. The number of alkyl halides is 3. The van der Waals surface area contributed by atoms with Gasteiger partial charge < -0.3 is 14.8 Å². The van der Waals surface area contributed by atoms with Crippen molar-refractivity contribution in [1.29, 1.82) is 0 Å². The van der Waals surface area contributed by atoms with Gasteiger partial charge in [-0.05, 0) is 31.2 Å². The number of carbonyl (C=O) groups excluding carboxylic acids is 2. The molecule has 12 heteroatoms. The summed E-state index contributed by atoms with van der Waals surface area (Å²) >= 11 is 1.05. The zero-order chi connectivity index (χ0) is 23.6. The average molecular weight is 469 g/mol. The second kappa shape index (κ2) is 8.99. The van der Waals surface area contributed by atoms with Gasteiger partial charge in [-0.25, -0.2) is 4.79 Å². The number of hydrogen-bond acceptors (Lipinski definition) is 7. The Morgan fingerprint density at radius 2 is 1.88 bits per heavy atom. The number of anilines is 1. The number of rotatable bonds is 6. The largest absolute Gasteiger partial charge is 0.573 e. The van der Waals surface area contributed by atoms with E-state index in [4.69, 9.17) is 4.74 Å². The fraction of sp³-hybridized carbons (Fsp3) is 0.300. The van der Waals surface area contributed by atoms with Gasteiger partial charge in [0.05, 0.1) is 17.7 Å². The van der Waals surface area contributed by atoms with Crippen LogP contribution < -0.4 is 15.6 Å². The summed E-state index contributed by atoms with van der Waals surface area (Å²) < 4.78 is 47.0. The summed E-state index contributed by atoms with van der Waals surface area (Å²) in [6.45, 7) is 5.03. The van der Waals surface area contributed by atoms with Gasteiger partial charge in [0.25, 0.3) is 5.56 Å². The number of halogens is 3. The van der Waals surface area contributed by atoms with E-state index in [1.54, 1.807) is 20.8 Å². The first kappa shape index (κ1) is 23.3. The first-order chi connectivity index (χ1) is 15.0. The van der Waals surface area contributed by atoms with Crippen LogP contribution in [0.4, 0.5) is 18.2 Å².